The maximum Gasteiger partial charge on any atom is 0.269 e. The maximum atomic E-state index is 12.5. The zero-order valence-electron chi connectivity index (χ0n) is 17.0. The number of aryl methyl sites for hydroxylation is 1. The van der Waals surface area contributed by atoms with Gasteiger partial charge < -0.3 is 10.6 Å². The van der Waals surface area contributed by atoms with Crippen LogP contribution in [-0.4, -0.2) is 47.5 Å². The predicted octanol–water partition coefficient (Wildman–Crippen LogP) is 2.46. The van der Waals surface area contributed by atoms with Gasteiger partial charge in [-0.3, -0.25) is 14.6 Å². The third-order valence-corrected chi connectivity index (χ3v) is 4.98. The van der Waals surface area contributed by atoms with Crippen molar-refractivity contribution in [3.63, 3.8) is 0 Å². The average molecular weight is 440 g/mol. The lowest BCUT2D eigenvalue weighted by Gasteiger charge is -2.16. The van der Waals surface area contributed by atoms with Gasteiger partial charge in [-0.15, -0.1) is 0 Å². The second kappa shape index (κ2) is 10.5. The Morgan fingerprint density at radius 3 is 2.71 bits per heavy atom. The van der Waals surface area contributed by atoms with Gasteiger partial charge in [-0.2, -0.15) is 10.4 Å². The Bertz CT molecular complexity index is 986. The lowest BCUT2D eigenvalue weighted by Crippen LogP contribution is -2.40. The maximum absolute atomic E-state index is 12.5. The Morgan fingerprint density at radius 2 is 2.06 bits per heavy atom. The third kappa shape index (κ3) is 5.99. The van der Waals surface area contributed by atoms with Crippen LogP contribution in [-0.2, 0) is 11.2 Å². The van der Waals surface area contributed by atoms with E-state index in [9.17, 15) is 14.9 Å². The first kappa shape index (κ1) is 22.2. The molecule has 2 heterocycles. The monoisotopic (exact) mass is 439 g/mol. The summed E-state index contributed by atoms with van der Waals surface area (Å²) in [5, 5.41) is 24.9. The lowest BCUT2D eigenvalue weighted by molar-refractivity contribution is -0.122. The smallest absolute Gasteiger partial charge is 0.269 e. The summed E-state index contributed by atoms with van der Waals surface area (Å²) in [6.45, 7) is 3.01. The fourth-order valence-corrected chi connectivity index (χ4v) is 3.06. The largest absolute Gasteiger partial charge is 0.349 e. The van der Waals surface area contributed by atoms with E-state index in [1.54, 1.807) is 11.1 Å². The molecule has 3 rings (SSSR count). The molecule has 1 aromatic heterocycles. The quantitative estimate of drug-likeness (QED) is 0.654. The lowest BCUT2D eigenvalue weighted by atomic mass is 10.0. The molecule has 1 aliphatic rings. The van der Waals surface area contributed by atoms with Crippen LogP contribution in [0.5, 0.6) is 0 Å². The van der Waals surface area contributed by atoms with Gasteiger partial charge in [0.25, 0.3) is 5.91 Å². The van der Waals surface area contributed by atoms with E-state index in [0.29, 0.717) is 18.1 Å². The molecule has 0 radical (unpaired) electrons. The van der Waals surface area contributed by atoms with E-state index in [2.05, 4.69) is 38.9 Å². The van der Waals surface area contributed by atoms with Crippen molar-refractivity contribution in [1.29, 1.82) is 5.26 Å². The third-order valence-electron chi connectivity index (χ3n) is 4.76. The van der Waals surface area contributed by atoms with Crippen molar-refractivity contribution in [2.45, 2.75) is 25.4 Å². The minimum atomic E-state index is -0.756. The zero-order chi connectivity index (χ0) is 22.2. The Hall–Kier alpha value is -3.51. The summed E-state index contributed by atoms with van der Waals surface area (Å²) in [5.74, 6) is -0.695. The highest BCUT2D eigenvalue weighted by Gasteiger charge is 2.28. The molecule has 2 N–H and O–H groups in total. The predicted molar refractivity (Wildman–Crippen MR) is 114 cm³/mol. The van der Waals surface area contributed by atoms with E-state index in [-0.39, 0.29) is 24.1 Å². The minimum Gasteiger partial charge on any atom is -0.349 e. The summed E-state index contributed by atoms with van der Waals surface area (Å²) >= 11 is 5.76. The van der Waals surface area contributed by atoms with Gasteiger partial charge in [0, 0.05) is 12.7 Å². The van der Waals surface area contributed by atoms with Crippen molar-refractivity contribution < 1.29 is 9.59 Å². The summed E-state index contributed by atoms with van der Waals surface area (Å²) < 4.78 is 0. The molecule has 1 aliphatic heterocycles. The number of rotatable bonds is 8. The van der Waals surface area contributed by atoms with Crippen LogP contribution < -0.4 is 10.6 Å². The second-order valence-electron chi connectivity index (χ2n) is 6.92. The van der Waals surface area contributed by atoms with Gasteiger partial charge in [-0.05, 0) is 29.7 Å². The highest BCUT2D eigenvalue weighted by molar-refractivity contribution is 6.30. The Labute approximate surface area is 185 Å². The molecule has 9 nitrogen and oxygen atoms in total. The van der Waals surface area contributed by atoms with Gasteiger partial charge >= 0.3 is 0 Å². The van der Waals surface area contributed by atoms with E-state index < -0.39 is 12.1 Å². The molecule has 31 heavy (non-hydrogen) atoms. The number of carbonyl (C=O) groups excluding carboxylic acids is 2. The van der Waals surface area contributed by atoms with Crippen LogP contribution in [0.15, 0.2) is 52.9 Å². The molecule has 2 unspecified atom stereocenters. The number of nitriles is 1. The minimum absolute atomic E-state index is 0.263. The van der Waals surface area contributed by atoms with E-state index in [1.165, 1.54) is 12.3 Å². The molecule has 0 bridgehead atoms. The molecule has 10 heteroatoms. The van der Waals surface area contributed by atoms with Crippen molar-refractivity contribution in [2.24, 2.45) is 10.3 Å². The SMILES string of the molecule is CCc1ccc(C(C#N)NC(=O)C2CN(CCNC(=O)c3ccc(Cl)cn3)N=N2)cc1. The van der Waals surface area contributed by atoms with Crippen LogP contribution in [0.1, 0.15) is 34.6 Å². The van der Waals surface area contributed by atoms with Gasteiger partial charge in [-0.1, -0.05) is 48.0 Å². The molecule has 160 valence electrons. The molecule has 0 fully saturated rings. The van der Waals surface area contributed by atoms with E-state index in [4.69, 9.17) is 11.6 Å². The summed E-state index contributed by atoms with van der Waals surface area (Å²) in [6.07, 6.45) is 2.31. The first-order chi connectivity index (χ1) is 15.0. The summed E-state index contributed by atoms with van der Waals surface area (Å²) in [7, 11) is 0. The number of amides is 2. The van der Waals surface area contributed by atoms with Crippen LogP contribution in [0, 0.1) is 11.3 Å². The molecule has 2 amide bonds. The molecule has 0 spiro atoms. The number of nitrogens with zero attached hydrogens (tertiary/aromatic N) is 5. The summed E-state index contributed by atoms with van der Waals surface area (Å²) in [5.41, 5.74) is 2.14. The highest BCUT2D eigenvalue weighted by Crippen LogP contribution is 2.16. The Kier molecular flexibility index (Phi) is 7.51. The molecule has 2 aromatic rings. The van der Waals surface area contributed by atoms with Crippen LogP contribution in [0.2, 0.25) is 5.02 Å². The first-order valence-electron chi connectivity index (χ1n) is 9.84. The Morgan fingerprint density at radius 1 is 1.29 bits per heavy atom. The van der Waals surface area contributed by atoms with Gasteiger partial charge in [0.15, 0.2) is 6.04 Å². The average Bonchev–Trinajstić information content (AvgIpc) is 3.27. The number of carbonyl (C=O) groups is 2. The number of hydrogen-bond donors (Lipinski definition) is 2. The first-order valence-corrected chi connectivity index (χ1v) is 10.2. The summed E-state index contributed by atoms with van der Waals surface area (Å²) in [4.78, 5) is 28.5. The molecule has 2 atom stereocenters. The van der Waals surface area contributed by atoms with Gasteiger partial charge in [-0.25, -0.2) is 4.98 Å². The molecular formula is C21H22ClN7O2. The number of nitrogens with one attached hydrogen (secondary N) is 2. The topological polar surface area (TPSA) is 123 Å². The van der Waals surface area contributed by atoms with Crippen LogP contribution in [0.25, 0.3) is 0 Å². The van der Waals surface area contributed by atoms with Crippen LogP contribution in [0.4, 0.5) is 0 Å². The zero-order valence-corrected chi connectivity index (χ0v) is 17.7. The fraction of sp³-hybridized carbons (Fsp3) is 0.333. The van der Waals surface area contributed by atoms with Gasteiger partial charge in [0.05, 0.1) is 24.2 Å². The van der Waals surface area contributed by atoms with Gasteiger partial charge in [0.2, 0.25) is 5.91 Å². The normalized spacial score (nSPS) is 15.9. The number of hydrogen-bond acceptors (Lipinski definition) is 7. The van der Waals surface area contributed by atoms with Crippen molar-refractivity contribution in [3.05, 3.63) is 64.4 Å². The highest BCUT2D eigenvalue weighted by atomic mass is 35.5. The molecule has 1 aromatic carbocycles. The number of pyridine rings is 1. The van der Waals surface area contributed by atoms with Crippen molar-refractivity contribution in [2.75, 3.05) is 19.6 Å². The second-order valence-corrected chi connectivity index (χ2v) is 7.35. The van der Waals surface area contributed by atoms with E-state index >= 15 is 0 Å². The van der Waals surface area contributed by atoms with Crippen molar-refractivity contribution in [1.82, 2.24) is 20.6 Å². The number of benzene rings is 1. The summed E-state index contributed by atoms with van der Waals surface area (Å²) in [6, 6.07) is 11.3. The van der Waals surface area contributed by atoms with Crippen molar-refractivity contribution >= 4 is 23.4 Å². The van der Waals surface area contributed by atoms with Crippen molar-refractivity contribution in [3.8, 4) is 6.07 Å². The number of aromatic nitrogens is 1. The molecular weight excluding hydrogens is 418 g/mol. The van der Waals surface area contributed by atoms with Crippen LogP contribution >= 0.6 is 11.6 Å². The Balaban J connectivity index is 1.44. The standard InChI is InChI=1S/C21H22ClN7O2/c1-2-14-3-5-15(6-4-14)18(11-23)26-21(31)19-13-29(28-27-19)10-9-24-20(30)17-8-7-16(22)12-25-17/h3-8,12,18-19H,2,9-10,13H2,1H3,(H,24,30)(H,26,31). The van der Waals surface area contributed by atoms with E-state index in [0.717, 1.165) is 17.5 Å². The molecule has 0 saturated heterocycles. The van der Waals surface area contributed by atoms with Crippen LogP contribution in [0.3, 0.4) is 0 Å². The molecule has 0 saturated carbocycles. The number of halogens is 1. The van der Waals surface area contributed by atoms with E-state index in [1.807, 2.05) is 24.3 Å². The fourth-order valence-electron chi connectivity index (χ4n) is 2.95. The van der Waals surface area contributed by atoms with Gasteiger partial charge in [0.1, 0.15) is 11.7 Å². The molecule has 0 aliphatic carbocycles.